The molecule has 0 amide bonds. The predicted octanol–water partition coefficient (Wildman–Crippen LogP) is 12.3. The number of phosphoric acid groups is 1. The standard InChI is InChI=1S/C52H90NO10P/c1-6-8-10-11-12-13-14-15-16-17-18-19-20-21-22-23-24-28-36-42-51(56)60-46-50(47-62-64(58,59)61-45-44-53(3,4)5)63-52(57)43-37-29-26-25-27-33-39-49(55)41-35-31-30-34-40-48(54)38-32-9-7-2/h9,15-16,26-27,29-35,40-41,48-50,54-55H,6-8,10-14,17-25,28,36-39,42-47H2,1-5H3/p+1/b16-15-,29-26-,31-30-,32-9-,33-27-,40-34+,41-35+/t48-,49+,50+/m0/s1. The molecule has 0 aromatic carbocycles. The summed E-state index contributed by atoms with van der Waals surface area (Å²) in [4.78, 5) is 35.5. The maximum atomic E-state index is 12.7. The van der Waals surface area contributed by atoms with Gasteiger partial charge in [0.2, 0.25) is 0 Å². The van der Waals surface area contributed by atoms with Gasteiger partial charge in [-0.1, -0.05) is 176 Å². The Hall–Kier alpha value is -2.89. The van der Waals surface area contributed by atoms with Gasteiger partial charge in [0, 0.05) is 12.8 Å². The SMILES string of the molecule is CC/C=C\C[C@H](O)/C=C/C=C\C=C\[C@H](O)C/C=C\C/C=C\CCC(=O)O[C@H](COC(=O)CCCCCCCCCCC/C=C\CCCCCCCC)COP(=O)(O)OCC[N+](C)(C)C. The molecule has 0 heterocycles. The Morgan fingerprint density at radius 2 is 1.09 bits per heavy atom. The van der Waals surface area contributed by atoms with Crippen molar-refractivity contribution in [2.45, 2.75) is 186 Å². The summed E-state index contributed by atoms with van der Waals surface area (Å²) in [5, 5.41) is 20.0. The van der Waals surface area contributed by atoms with Gasteiger partial charge in [-0.05, 0) is 64.2 Å². The first kappa shape index (κ1) is 61.1. The van der Waals surface area contributed by atoms with Crippen LogP contribution in [0.25, 0.3) is 0 Å². The van der Waals surface area contributed by atoms with Gasteiger partial charge in [0.1, 0.15) is 19.8 Å². The van der Waals surface area contributed by atoms with Crippen LogP contribution in [0.1, 0.15) is 168 Å². The van der Waals surface area contributed by atoms with Crippen LogP contribution in [0, 0.1) is 0 Å². The number of likely N-dealkylation sites (N-methyl/N-ethyl adjacent to an activating group) is 1. The fourth-order valence-corrected chi connectivity index (χ4v) is 6.95. The minimum Gasteiger partial charge on any atom is -0.462 e. The molecule has 0 radical (unpaired) electrons. The fourth-order valence-electron chi connectivity index (χ4n) is 6.21. The Kier molecular flexibility index (Phi) is 40.8. The van der Waals surface area contributed by atoms with E-state index in [-0.39, 0.29) is 26.1 Å². The predicted molar refractivity (Wildman–Crippen MR) is 264 cm³/mol. The van der Waals surface area contributed by atoms with E-state index < -0.39 is 44.7 Å². The second kappa shape index (κ2) is 42.7. The maximum absolute atomic E-state index is 12.7. The zero-order valence-electron chi connectivity index (χ0n) is 40.7. The third-order valence-electron chi connectivity index (χ3n) is 10.1. The van der Waals surface area contributed by atoms with Crippen molar-refractivity contribution in [3.8, 4) is 0 Å². The van der Waals surface area contributed by atoms with Gasteiger partial charge in [-0.3, -0.25) is 18.6 Å². The van der Waals surface area contributed by atoms with Crippen LogP contribution in [0.4, 0.5) is 0 Å². The lowest BCUT2D eigenvalue weighted by molar-refractivity contribution is -0.870. The second-order valence-corrected chi connectivity index (χ2v) is 19.0. The van der Waals surface area contributed by atoms with E-state index in [4.69, 9.17) is 18.5 Å². The molecule has 0 aromatic rings. The molecule has 12 heteroatoms. The molecule has 11 nitrogen and oxygen atoms in total. The minimum absolute atomic E-state index is 0.00622. The van der Waals surface area contributed by atoms with Gasteiger partial charge in [0.25, 0.3) is 0 Å². The van der Waals surface area contributed by atoms with Crippen LogP contribution >= 0.6 is 7.82 Å². The summed E-state index contributed by atoms with van der Waals surface area (Å²) >= 11 is 0. The van der Waals surface area contributed by atoms with E-state index in [9.17, 15) is 29.3 Å². The molecule has 0 bridgehead atoms. The topological polar surface area (TPSA) is 149 Å². The number of rotatable bonds is 43. The van der Waals surface area contributed by atoms with E-state index in [1.807, 2.05) is 64.5 Å². The van der Waals surface area contributed by atoms with Crippen molar-refractivity contribution in [1.29, 1.82) is 0 Å². The number of aliphatic hydroxyl groups is 2. The summed E-state index contributed by atoms with van der Waals surface area (Å²) in [6.45, 7) is 4.01. The Balaban J connectivity index is 4.52. The summed E-state index contributed by atoms with van der Waals surface area (Å²) in [5.74, 6) is -0.972. The summed E-state index contributed by atoms with van der Waals surface area (Å²) < 4.78 is 34.2. The molecule has 368 valence electrons. The molecule has 4 atom stereocenters. The Labute approximate surface area is 389 Å². The average Bonchev–Trinajstić information content (AvgIpc) is 3.24. The van der Waals surface area contributed by atoms with Gasteiger partial charge in [-0.15, -0.1) is 0 Å². The molecule has 0 aromatic heterocycles. The van der Waals surface area contributed by atoms with Crippen molar-refractivity contribution in [2.24, 2.45) is 0 Å². The smallest absolute Gasteiger partial charge is 0.462 e. The highest BCUT2D eigenvalue weighted by Gasteiger charge is 2.27. The lowest BCUT2D eigenvalue weighted by atomic mass is 10.1. The number of ether oxygens (including phenoxy) is 2. The number of carbonyl (C=O) groups is 2. The fraction of sp³-hybridized carbons (Fsp3) is 0.692. The van der Waals surface area contributed by atoms with Crippen LogP contribution in [0.2, 0.25) is 0 Å². The molecule has 0 spiro atoms. The summed E-state index contributed by atoms with van der Waals surface area (Å²) in [6.07, 6.45) is 48.5. The monoisotopic (exact) mass is 921 g/mol. The molecule has 3 N–H and O–H groups in total. The number of hydrogen-bond donors (Lipinski definition) is 3. The summed E-state index contributed by atoms with van der Waals surface area (Å²) in [5.41, 5.74) is 0. The van der Waals surface area contributed by atoms with Crippen molar-refractivity contribution >= 4 is 19.8 Å². The van der Waals surface area contributed by atoms with E-state index in [0.29, 0.717) is 43.1 Å². The van der Waals surface area contributed by atoms with Gasteiger partial charge in [0.05, 0.1) is 40.0 Å². The first-order valence-corrected chi connectivity index (χ1v) is 26.0. The molecule has 0 aliphatic heterocycles. The molecule has 64 heavy (non-hydrogen) atoms. The molecule has 0 rings (SSSR count). The van der Waals surface area contributed by atoms with Gasteiger partial charge < -0.3 is 29.1 Å². The minimum atomic E-state index is -4.43. The Morgan fingerprint density at radius 1 is 0.578 bits per heavy atom. The van der Waals surface area contributed by atoms with Crippen LogP contribution in [0.15, 0.2) is 85.1 Å². The summed E-state index contributed by atoms with van der Waals surface area (Å²) in [6, 6.07) is 0. The quantitative estimate of drug-likeness (QED) is 0.0135. The molecular formula is C52H91NO10P+. The normalized spacial score (nSPS) is 15.2. The average molecular weight is 921 g/mol. The zero-order valence-corrected chi connectivity index (χ0v) is 41.6. The number of hydrogen-bond acceptors (Lipinski definition) is 9. The lowest BCUT2D eigenvalue weighted by Crippen LogP contribution is -2.37. The largest absolute Gasteiger partial charge is 0.472 e. The third kappa shape index (κ3) is 45.7. The lowest BCUT2D eigenvalue weighted by Gasteiger charge is -2.24. The number of aliphatic hydroxyl groups excluding tert-OH is 2. The Morgan fingerprint density at radius 3 is 1.66 bits per heavy atom. The van der Waals surface area contributed by atoms with Crippen LogP contribution < -0.4 is 0 Å². The van der Waals surface area contributed by atoms with Crippen molar-refractivity contribution in [3.05, 3.63) is 85.1 Å². The number of allylic oxidation sites excluding steroid dienone is 10. The molecule has 0 fully saturated rings. The molecule has 0 aliphatic rings. The highest BCUT2D eigenvalue weighted by Crippen LogP contribution is 2.43. The number of unbranched alkanes of at least 4 members (excludes halogenated alkanes) is 15. The van der Waals surface area contributed by atoms with Crippen LogP contribution in [0.3, 0.4) is 0 Å². The highest BCUT2D eigenvalue weighted by atomic mass is 31.2. The van der Waals surface area contributed by atoms with E-state index in [0.717, 1.165) is 25.7 Å². The van der Waals surface area contributed by atoms with Crippen molar-refractivity contribution < 1.29 is 52.3 Å². The molecule has 1 unspecified atom stereocenters. The molecule has 0 saturated heterocycles. The summed E-state index contributed by atoms with van der Waals surface area (Å²) in [7, 11) is 1.35. The Bertz CT molecular complexity index is 1400. The van der Waals surface area contributed by atoms with E-state index in [2.05, 4.69) is 19.1 Å². The highest BCUT2D eigenvalue weighted by molar-refractivity contribution is 7.47. The van der Waals surface area contributed by atoms with E-state index in [1.165, 1.54) is 83.5 Å². The van der Waals surface area contributed by atoms with E-state index >= 15 is 0 Å². The number of phosphoric ester groups is 1. The number of carbonyl (C=O) groups excluding carboxylic acids is 2. The maximum Gasteiger partial charge on any atom is 0.472 e. The van der Waals surface area contributed by atoms with Crippen LogP contribution in [-0.4, -0.2) is 97.3 Å². The molecule has 0 saturated carbocycles. The molecule has 0 aliphatic carbocycles. The van der Waals surface area contributed by atoms with Gasteiger partial charge in [-0.25, -0.2) is 4.57 Å². The van der Waals surface area contributed by atoms with Gasteiger partial charge in [-0.2, -0.15) is 0 Å². The van der Waals surface area contributed by atoms with Crippen molar-refractivity contribution in [2.75, 3.05) is 47.5 Å². The first-order chi connectivity index (χ1) is 30.8. The van der Waals surface area contributed by atoms with Crippen molar-refractivity contribution in [3.63, 3.8) is 0 Å². The van der Waals surface area contributed by atoms with Crippen molar-refractivity contribution in [1.82, 2.24) is 0 Å². The zero-order chi connectivity index (χ0) is 47.4. The number of nitrogens with zero attached hydrogens (tertiary/aromatic N) is 1. The molecular weight excluding hydrogens is 830 g/mol. The van der Waals surface area contributed by atoms with Crippen LogP contribution in [0.5, 0.6) is 0 Å². The number of esters is 2. The third-order valence-corrected chi connectivity index (χ3v) is 11.1. The first-order valence-electron chi connectivity index (χ1n) is 24.5. The number of quaternary nitrogens is 1. The van der Waals surface area contributed by atoms with E-state index in [1.54, 1.807) is 36.5 Å². The second-order valence-electron chi connectivity index (χ2n) is 17.5. The van der Waals surface area contributed by atoms with Gasteiger partial charge in [0.15, 0.2) is 6.10 Å². The van der Waals surface area contributed by atoms with Crippen LogP contribution in [-0.2, 0) is 32.7 Å². The van der Waals surface area contributed by atoms with Gasteiger partial charge >= 0.3 is 19.8 Å².